The van der Waals surface area contributed by atoms with Crippen LogP contribution in [0.3, 0.4) is 0 Å². The number of nitrogens with zero attached hydrogens (tertiary/aromatic N) is 2. The molecule has 0 amide bonds. The lowest BCUT2D eigenvalue weighted by Gasteiger charge is -2.24. The molecule has 0 fully saturated rings. The largest absolute Gasteiger partial charge is 0.376 e. The van der Waals surface area contributed by atoms with Gasteiger partial charge in [-0.25, -0.2) is 0 Å². The molecule has 0 saturated carbocycles. The smallest absolute Gasteiger partial charge is 0.328 e. The number of benzene rings is 5. The van der Waals surface area contributed by atoms with Crippen LogP contribution in [0.1, 0.15) is 46.5 Å². The van der Waals surface area contributed by atoms with E-state index in [9.17, 15) is 0 Å². The van der Waals surface area contributed by atoms with Crippen LogP contribution in [0.15, 0.2) is 174 Å². The highest BCUT2D eigenvalue weighted by Crippen LogP contribution is 2.35. The highest BCUT2D eigenvalue weighted by molar-refractivity contribution is 6.84. The van der Waals surface area contributed by atoms with Crippen molar-refractivity contribution in [3.63, 3.8) is 0 Å². The van der Waals surface area contributed by atoms with E-state index in [0.29, 0.717) is 0 Å². The highest BCUT2D eigenvalue weighted by Gasteiger charge is 2.29. The van der Waals surface area contributed by atoms with E-state index in [1.807, 2.05) is 0 Å². The summed E-state index contributed by atoms with van der Waals surface area (Å²) in [5, 5.41) is 0. The second kappa shape index (κ2) is 14.2. The normalized spacial score (nSPS) is 14.1. The summed E-state index contributed by atoms with van der Waals surface area (Å²) in [6, 6.07) is 56.2. The van der Waals surface area contributed by atoms with Crippen LogP contribution in [0.2, 0.25) is 0 Å². The molecule has 6 aromatic rings. The Bertz CT molecular complexity index is 2010. The molecule has 0 saturated heterocycles. The fourth-order valence-corrected chi connectivity index (χ4v) is 6.37. The Balaban J connectivity index is 1.45. The van der Waals surface area contributed by atoms with Gasteiger partial charge in [0.25, 0.3) is 0 Å². The Hall–Kier alpha value is -5.67. The lowest BCUT2D eigenvalue weighted by Crippen LogP contribution is -2.49. The van der Waals surface area contributed by atoms with Gasteiger partial charge < -0.3 is 4.48 Å². The number of aryl methyl sites for hydroxylation is 1. The molecule has 0 unspecified atom stereocenters. The van der Waals surface area contributed by atoms with Gasteiger partial charge in [0.2, 0.25) is 0 Å². The first-order valence-electron chi connectivity index (χ1n) is 16.4. The average Bonchev–Trinajstić information content (AvgIpc) is 3.77. The summed E-state index contributed by atoms with van der Waals surface area (Å²) in [4.78, 5) is 5.31. The van der Waals surface area contributed by atoms with E-state index in [1.54, 1.807) is 0 Å². The van der Waals surface area contributed by atoms with E-state index in [1.165, 1.54) is 38.8 Å². The van der Waals surface area contributed by atoms with Gasteiger partial charge in [0.15, 0.2) is 0 Å². The average molecular weight is 605 g/mol. The van der Waals surface area contributed by atoms with Gasteiger partial charge in [-0.2, -0.15) is 0 Å². The molecule has 2 heterocycles. The topological polar surface area (TPSA) is 17.3 Å². The van der Waals surface area contributed by atoms with Crippen molar-refractivity contribution >= 4 is 47.3 Å². The van der Waals surface area contributed by atoms with Crippen molar-refractivity contribution in [1.29, 1.82) is 0 Å². The zero-order valence-corrected chi connectivity index (χ0v) is 26.7. The van der Waals surface area contributed by atoms with Gasteiger partial charge in [-0.3, -0.25) is 4.99 Å². The van der Waals surface area contributed by atoms with Crippen LogP contribution in [0, 0.1) is 6.92 Å². The van der Waals surface area contributed by atoms with Crippen LogP contribution >= 0.6 is 0 Å². The number of hydrogen-bond donors (Lipinski definition) is 0. The van der Waals surface area contributed by atoms with Crippen molar-refractivity contribution in [2.75, 3.05) is 0 Å². The molecule has 0 N–H and O–H groups in total. The predicted octanol–water partition coefficient (Wildman–Crippen LogP) is 9.33. The summed E-state index contributed by atoms with van der Waals surface area (Å²) >= 11 is 0. The molecule has 2 nitrogen and oxygen atoms in total. The van der Waals surface area contributed by atoms with Gasteiger partial charge in [0, 0.05) is 22.7 Å². The Morgan fingerprint density at radius 1 is 0.553 bits per heavy atom. The zero-order chi connectivity index (χ0) is 31.8. The lowest BCUT2D eigenvalue weighted by atomic mass is 9.50. The molecule has 0 aliphatic carbocycles. The Labute approximate surface area is 278 Å². The SMILES string of the molecule is Cc1ccc(/C(=C2/CCC(/C=C/c3ccccc3)=N2)c2ccc(/C=C/c3ccccc3)n2B(c2ccccc2)c2ccccc2)cc1. The molecule has 0 bridgehead atoms. The van der Waals surface area contributed by atoms with Crippen LogP contribution in [0.25, 0.3) is 23.8 Å². The highest BCUT2D eigenvalue weighted by atomic mass is 14.9. The molecule has 0 spiro atoms. The first-order chi connectivity index (χ1) is 23.2. The van der Waals surface area contributed by atoms with Crippen molar-refractivity contribution in [2.24, 2.45) is 4.99 Å². The van der Waals surface area contributed by atoms with E-state index in [-0.39, 0.29) is 6.85 Å². The summed E-state index contributed by atoms with van der Waals surface area (Å²) < 4.78 is 2.51. The number of allylic oxidation sites excluding steroid dienone is 2. The third-order valence-electron chi connectivity index (χ3n) is 8.73. The molecule has 1 aliphatic rings. The monoisotopic (exact) mass is 604 g/mol. The summed E-state index contributed by atoms with van der Waals surface area (Å²) in [6.07, 6.45) is 10.6. The van der Waals surface area contributed by atoms with Crippen LogP contribution in [0.4, 0.5) is 0 Å². The molecule has 7 rings (SSSR count). The van der Waals surface area contributed by atoms with Gasteiger partial charge >= 0.3 is 6.85 Å². The van der Waals surface area contributed by atoms with Gasteiger partial charge in [-0.05, 0) is 60.7 Å². The molecular formula is C44H37BN2. The van der Waals surface area contributed by atoms with E-state index >= 15 is 0 Å². The van der Waals surface area contributed by atoms with Gasteiger partial charge in [-0.1, -0.05) is 174 Å². The lowest BCUT2D eigenvalue weighted by molar-refractivity contribution is 1.06. The molecule has 0 atom stereocenters. The van der Waals surface area contributed by atoms with Crippen molar-refractivity contribution in [3.05, 3.63) is 203 Å². The molecule has 1 aromatic heterocycles. The second-order valence-corrected chi connectivity index (χ2v) is 12.0. The number of aliphatic imine (C=N–C) groups is 1. The van der Waals surface area contributed by atoms with Crippen molar-refractivity contribution in [3.8, 4) is 0 Å². The van der Waals surface area contributed by atoms with Gasteiger partial charge in [-0.15, -0.1) is 0 Å². The van der Waals surface area contributed by atoms with Crippen LogP contribution < -0.4 is 10.9 Å². The van der Waals surface area contributed by atoms with Crippen molar-refractivity contribution < 1.29 is 0 Å². The summed E-state index contributed by atoms with van der Waals surface area (Å²) in [5.74, 6) is 0. The molecule has 1 aliphatic heterocycles. The quantitative estimate of drug-likeness (QED) is 0.146. The van der Waals surface area contributed by atoms with Crippen LogP contribution in [-0.2, 0) is 0 Å². The van der Waals surface area contributed by atoms with Gasteiger partial charge in [0.1, 0.15) is 0 Å². The number of aromatic nitrogens is 1. The first kappa shape index (κ1) is 30.0. The zero-order valence-electron chi connectivity index (χ0n) is 26.7. The molecule has 47 heavy (non-hydrogen) atoms. The predicted molar refractivity (Wildman–Crippen MR) is 202 cm³/mol. The third-order valence-corrected chi connectivity index (χ3v) is 8.73. The summed E-state index contributed by atoms with van der Waals surface area (Å²) in [6.45, 7) is 2.11. The van der Waals surface area contributed by atoms with E-state index in [0.717, 1.165) is 35.6 Å². The fraction of sp³-hybridized carbons (Fsp3) is 0.0682. The summed E-state index contributed by atoms with van der Waals surface area (Å²) in [5.41, 5.74) is 13.0. The maximum Gasteiger partial charge on any atom is 0.328 e. The van der Waals surface area contributed by atoms with Gasteiger partial charge in [0.05, 0.1) is 5.70 Å². The Morgan fingerprint density at radius 2 is 1.09 bits per heavy atom. The number of hydrogen-bond acceptors (Lipinski definition) is 1. The molecular weight excluding hydrogens is 567 g/mol. The first-order valence-corrected chi connectivity index (χ1v) is 16.4. The minimum Gasteiger partial charge on any atom is -0.376 e. The minimum absolute atomic E-state index is 0.0401. The Kier molecular flexibility index (Phi) is 9.06. The molecule has 0 radical (unpaired) electrons. The van der Waals surface area contributed by atoms with Crippen molar-refractivity contribution in [1.82, 2.24) is 4.48 Å². The number of rotatable bonds is 9. The molecule has 5 aromatic carbocycles. The molecule has 226 valence electrons. The van der Waals surface area contributed by atoms with E-state index < -0.39 is 0 Å². The molecule has 3 heteroatoms. The van der Waals surface area contributed by atoms with E-state index in [4.69, 9.17) is 4.99 Å². The van der Waals surface area contributed by atoms with Crippen LogP contribution in [-0.4, -0.2) is 17.0 Å². The maximum absolute atomic E-state index is 5.31. The third kappa shape index (κ3) is 6.95. The van der Waals surface area contributed by atoms with Crippen LogP contribution in [0.5, 0.6) is 0 Å². The standard InChI is InChI=1S/C44H37BN2/c1-34-22-26-37(27-23-34)44(42-32-29-40(46-42)28-24-35-14-6-2-7-15-35)43-33-31-41(30-25-36-16-8-3-9-17-36)47(43)45(38-18-10-4-11-19-38)39-20-12-5-13-21-39/h2-28,30-31,33H,29,32H2,1H3/b28-24+,30-25+,44-42+. The fourth-order valence-electron chi connectivity index (χ4n) is 6.37. The van der Waals surface area contributed by atoms with E-state index in [2.05, 4.69) is 193 Å². The Morgan fingerprint density at radius 3 is 1.66 bits per heavy atom. The minimum atomic E-state index is -0.0401. The maximum atomic E-state index is 5.31. The van der Waals surface area contributed by atoms with Crippen molar-refractivity contribution in [2.45, 2.75) is 19.8 Å². The summed E-state index contributed by atoms with van der Waals surface area (Å²) in [7, 11) is 0. The second-order valence-electron chi connectivity index (χ2n) is 12.0.